The van der Waals surface area contributed by atoms with Gasteiger partial charge in [-0.25, -0.2) is 0 Å². The molecule has 1 aromatic carbocycles. The fourth-order valence-electron chi connectivity index (χ4n) is 3.15. The lowest BCUT2D eigenvalue weighted by atomic mass is 10.00. The van der Waals surface area contributed by atoms with Crippen LogP contribution >= 0.6 is 0 Å². The molecule has 0 fully saturated rings. The fourth-order valence-corrected chi connectivity index (χ4v) is 3.15. The van der Waals surface area contributed by atoms with Gasteiger partial charge >= 0.3 is 0 Å². The number of nitrogens with one attached hydrogen (secondary N) is 1. The van der Waals surface area contributed by atoms with Crippen LogP contribution in [0.2, 0.25) is 0 Å². The highest BCUT2D eigenvalue weighted by atomic mass is 16.3. The lowest BCUT2D eigenvalue weighted by Gasteiger charge is -2.16. The summed E-state index contributed by atoms with van der Waals surface area (Å²) in [5.41, 5.74) is 4.50. The Morgan fingerprint density at radius 1 is 1.15 bits per heavy atom. The third-order valence-electron chi connectivity index (χ3n) is 4.16. The lowest BCUT2D eigenvalue weighted by Crippen LogP contribution is -2.22. The molecule has 0 amide bonds. The Labute approximate surface area is 121 Å². The van der Waals surface area contributed by atoms with Crippen molar-refractivity contribution in [2.75, 3.05) is 6.54 Å². The van der Waals surface area contributed by atoms with E-state index in [0.29, 0.717) is 0 Å². The van der Waals surface area contributed by atoms with Gasteiger partial charge in [0, 0.05) is 0 Å². The second kappa shape index (κ2) is 5.84. The van der Waals surface area contributed by atoms with Crippen molar-refractivity contribution in [1.29, 1.82) is 0 Å². The summed E-state index contributed by atoms with van der Waals surface area (Å²) in [6.07, 6.45) is 4.80. The molecule has 1 aliphatic carbocycles. The van der Waals surface area contributed by atoms with Gasteiger partial charge in [0.2, 0.25) is 0 Å². The van der Waals surface area contributed by atoms with E-state index in [2.05, 4.69) is 36.5 Å². The largest absolute Gasteiger partial charge is 0.465 e. The highest BCUT2D eigenvalue weighted by Crippen LogP contribution is 2.26. The van der Waals surface area contributed by atoms with Crippen molar-refractivity contribution in [3.8, 4) is 0 Å². The van der Waals surface area contributed by atoms with Gasteiger partial charge in [0.1, 0.15) is 11.5 Å². The van der Waals surface area contributed by atoms with Crippen LogP contribution in [0.25, 0.3) is 0 Å². The van der Waals surface area contributed by atoms with Gasteiger partial charge in [-0.3, -0.25) is 0 Å². The maximum Gasteiger partial charge on any atom is 0.121 e. The molecule has 0 saturated heterocycles. The number of rotatable bonds is 5. The molecule has 20 heavy (non-hydrogen) atoms. The van der Waals surface area contributed by atoms with Gasteiger partial charge in [0.05, 0.1) is 6.04 Å². The average Bonchev–Trinajstić information content (AvgIpc) is 3.06. The quantitative estimate of drug-likeness (QED) is 0.888. The molecular weight excluding hydrogens is 246 g/mol. The van der Waals surface area contributed by atoms with E-state index in [4.69, 9.17) is 4.42 Å². The van der Waals surface area contributed by atoms with E-state index < -0.39 is 0 Å². The second-order valence-electron chi connectivity index (χ2n) is 5.72. The van der Waals surface area contributed by atoms with Gasteiger partial charge < -0.3 is 9.73 Å². The smallest absolute Gasteiger partial charge is 0.121 e. The molecule has 2 nitrogen and oxygen atoms in total. The molecule has 1 unspecified atom stereocenters. The molecule has 106 valence electrons. The van der Waals surface area contributed by atoms with Crippen molar-refractivity contribution < 1.29 is 4.42 Å². The molecular formula is C18H23NO. The van der Waals surface area contributed by atoms with Gasteiger partial charge in [-0.1, -0.05) is 25.1 Å². The van der Waals surface area contributed by atoms with Crippen LogP contribution in [0, 0.1) is 6.92 Å². The Bertz CT molecular complexity index is 585. The second-order valence-corrected chi connectivity index (χ2v) is 5.72. The highest BCUT2D eigenvalue weighted by Gasteiger charge is 2.17. The average molecular weight is 269 g/mol. The van der Waals surface area contributed by atoms with E-state index >= 15 is 0 Å². The van der Waals surface area contributed by atoms with Gasteiger partial charge in [0.15, 0.2) is 0 Å². The van der Waals surface area contributed by atoms with Crippen LogP contribution in [0.3, 0.4) is 0 Å². The maximum absolute atomic E-state index is 5.80. The minimum absolute atomic E-state index is 0.271. The van der Waals surface area contributed by atoms with E-state index in [9.17, 15) is 0 Å². The van der Waals surface area contributed by atoms with Crippen molar-refractivity contribution in [2.24, 2.45) is 0 Å². The van der Waals surface area contributed by atoms with E-state index in [-0.39, 0.29) is 6.04 Å². The first-order valence-corrected chi connectivity index (χ1v) is 7.66. The summed E-state index contributed by atoms with van der Waals surface area (Å²) >= 11 is 0. The van der Waals surface area contributed by atoms with Crippen LogP contribution in [0.4, 0.5) is 0 Å². The number of benzene rings is 1. The molecule has 0 bridgehead atoms. The molecule has 1 aliphatic rings. The van der Waals surface area contributed by atoms with E-state index in [0.717, 1.165) is 24.5 Å². The molecule has 1 heterocycles. The molecule has 0 spiro atoms. The van der Waals surface area contributed by atoms with E-state index in [1.54, 1.807) is 11.1 Å². The standard InChI is InChI=1S/C18H23NO/c1-3-19-17(18-10-7-13(2)20-18)12-14-8-9-15-5-4-6-16(15)11-14/h7-11,17,19H,3-6,12H2,1-2H3. The third kappa shape index (κ3) is 2.80. The highest BCUT2D eigenvalue weighted by molar-refractivity contribution is 5.36. The maximum atomic E-state index is 5.80. The minimum atomic E-state index is 0.271. The van der Waals surface area contributed by atoms with Crippen molar-refractivity contribution in [3.63, 3.8) is 0 Å². The van der Waals surface area contributed by atoms with Gasteiger partial charge in [-0.05, 0) is 68.0 Å². The number of fused-ring (bicyclic) bond motifs is 1. The number of furan rings is 1. The fraction of sp³-hybridized carbons (Fsp3) is 0.444. The van der Waals surface area contributed by atoms with Crippen LogP contribution < -0.4 is 5.32 Å². The zero-order valence-electron chi connectivity index (χ0n) is 12.4. The van der Waals surface area contributed by atoms with Crippen molar-refractivity contribution in [2.45, 2.75) is 45.6 Å². The van der Waals surface area contributed by atoms with Crippen LogP contribution in [-0.2, 0) is 19.3 Å². The SMILES string of the molecule is CCNC(Cc1ccc2c(c1)CCC2)c1ccc(C)o1. The number of aryl methyl sites for hydroxylation is 3. The summed E-state index contributed by atoms with van der Waals surface area (Å²) in [6.45, 7) is 5.10. The molecule has 3 rings (SSSR count). The first-order chi connectivity index (χ1) is 9.76. The number of likely N-dealkylation sites (N-methyl/N-ethyl adjacent to an activating group) is 1. The van der Waals surface area contributed by atoms with E-state index in [1.807, 2.05) is 13.0 Å². The minimum Gasteiger partial charge on any atom is -0.465 e. The van der Waals surface area contributed by atoms with Gasteiger partial charge in [0.25, 0.3) is 0 Å². The third-order valence-corrected chi connectivity index (χ3v) is 4.16. The summed E-state index contributed by atoms with van der Waals surface area (Å²) in [5.74, 6) is 2.03. The Morgan fingerprint density at radius 3 is 2.75 bits per heavy atom. The van der Waals surface area contributed by atoms with Gasteiger partial charge in [-0.2, -0.15) is 0 Å². The van der Waals surface area contributed by atoms with Crippen LogP contribution in [0.5, 0.6) is 0 Å². The van der Waals surface area contributed by atoms with Crippen LogP contribution in [-0.4, -0.2) is 6.54 Å². The van der Waals surface area contributed by atoms with Crippen LogP contribution in [0.15, 0.2) is 34.7 Å². The summed E-state index contributed by atoms with van der Waals surface area (Å²) in [6, 6.07) is 11.4. The van der Waals surface area contributed by atoms with Crippen molar-refractivity contribution in [1.82, 2.24) is 5.32 Å². The molecule has 0 aliphatic heterocycles. The Balaban J connectivity index is 1.79. The molecule has 1 atom stereocenters. The number of hydrogen-bond acceptors (Lipinski definition) is 2. The zero-order valence-corrected chi connectivity index (χ0v) is 12.4. The Kier molecular flexibility index (Phi) is 3.93. The number of hydrogen-bond donors (Lipinski definition) is 1. The van der Waals surface area contributed by atoms with Gasteiger partial charge in [-0.15, -0.1) is 0 Å². The monoisotopic (exact) mass is 269 g/mol. The predicted octanol–water partition coefficient (Wildman–Crippen LogP) is 3.97. The van der Waals surface area contributed by atoms with Crippen LogP contribution in [0.1, 0.15) is 47.6 Å². The lowest BCUT2D eigenvalue weighted by molar-refractivity contribution is 0.403. The summed E-state index contributed by atoms with van der Waals surface area (Å²) in [5, 5.41) is 3.53. The molecule has 2 aromatic rings. The molecule has 1 aromatic heterocycles. The normalized spacial score (nSPS) is 15.3. The predicted molar refractivity (Wildman–Crippen MR) is 82.0 cm³/mol. The molecule has 1 N–H and O–H groups in total. The molecule has 0 radical (unpaired) electrons. The first kappa shape index (κ1) is 13.4. The molecule has 2 heteroatoms. The molecule has 0 saturated carbocycles. The first-order valence-electron chi connectivity index (χ1n) is 7.66. The zero-order chi connectivity index (χ0) is 13.9. The van der Waals surface area contributed by atoms with Crippen molar-refractivity contribution >= 4 is 0 Å². The summed E-state index contributed by atoms with van der Waals surface area (Å²) in [7, 11) is 0. The van der Waals surface area contributed by atoms with Crippen molar-refractivity contribution in [3.05, 3.63) is 58.5 Å². The topological polar surface area (TPSA) is 25.2 Å². The van der Waals surface area contributed by atoms with E-state index in [1.165, 1.54) is 24.8 Å². The summed E-state index contributed by atoms with van der Waals surface area (Å²) in [4.78, 5) is 0. The Morgan fingerprint density at radius 2 is 2.00 bits per heavy atom. The summed E-state index contributed by atoms with van der Waals surface area (Å²) < 4.78 is 5.80. The Hall–Kier alpha value is -1.54.